The fourth-order valence-electron chi connectivity index (χ4n) is 9.48. The Morgan fingerprint density at radius 1 is 0.321 bits per heavy atom. The number of hydrogen-bond donors (Lipinski definition) is 0. The molecule has 0 saturated heterocycles. The largest absolute Gasteiger partial charge is 0.310 e. The van der Waals surface area contributed by atoms with Crippen LogP contribution >= 0.6 is 0 Å². The van der Waals surface area contributed by atoms with Crippen LogP contribution < -0.4 is 4.90 Å². The monoisotopic (exact) mass is 713 g/mol. The molecule has 0 atom stereocenters. The van der Waals surface area contributed by atoms with Gasteiger partial charge in [-0.2, -0.15) is 0 Å². The first-order valence-electron chi connectivity index (χ1n) is 19.6. The standard InChI is InChI=1S/C55H39N/c1-55(2)51-34-39(36-14-5-3-6-15-36)26-30-46(51)47-31-29-41(35-52(47)55)56(53-23-12-11-18-43(53)37-16-7-4-8-17-37)40-27-24-38(25-28-40)42-32-33-50-45-20-10-9-19-44(45)49-22-13-21-48(42)54(49)50/h3-35H,1-2H3. The third-order valence-electron chi connectivity index (χ3n) is 12.2. The van der Waals surface area contributed by atoms with Crippen molar-refractivity contribution in [1.82, 2.24) is 0 Å². The van der Waals surface area contributed by atoms with E-state index in [-0.39, 0.29) is 5.41 Å². The molecule has 0 aliphatic heterocycles. The van der Waals surface area contributed by atoms with Gasteiger partial charge in [0.1, 0.15) is 0 Å². The van der Waals surface area contributed by atoms with Gasteiger partial charge in [-0.05, 0) is 119 Å². The summed E-state index contributed by atoms with van der Waals surface area (Å²) in [7, 11) is 0. The summed E-state index contributed by atoms with van der Waals surface area (Å²) in [5.74, 6) is 0. The van der Waals surface area contributed by atoms with Crippen LogP contribution in [0.1, 0.15) is 25.0 Å². The molecule has 0 N–H and O–H groups in total. The molecule has 9 aromatic rings. The third-order valence-corrected chi connectivity index (χ3v) is 12.2. The van der Waals surface area contributed by atoms with E-state index in [1.165, 1.54) is 88.7 Å². The van der Waals surface area contributed by atoms with Gasteiger partial charge in [0, 0.05) is 22.4 Å². The van der Waals surface area contributed by atoms with E-state index in [1.807, 2.05) is 0 Å². The Bertz CT molecular complexity index is 2940. The highest BCUT2D eigenvalue weighted by Gasteiger charge is 2.36. The molecule has 0 amide bonds. The van der Waals surface area contributed by atoms with Crippen LogP contribution in [0.25, 0.3) is 77.5 Å². The molecule has 0 bridgehead atoms. The quantitative estimate of drug-likeness (QED) is 0.166. The molecule has 0 radical (unpaired) electrons. The minimum Gasteiger partial charge on any atom is -0.310 e. The Morgan fingerprint density at radius 3 is 1.55 bits per heavy atom. The Balaban J connectivity index is 1.04. The topological polar surface area (TPSA) is 3.24 Å². The molecule has 2 aliphatic carbocycles. The lowest BCUT2D eigenvalue weighted by molar-refractivity contribution is 0.660. The predicted molar refractivity (Wildman–Crippen MR) is 237 cm³/mol. The summed E-state index contributed by atoms with van der Waals surface area (Å²) in [5.41, 5.74) is 21.3. The number of fused-ring (bicyclic) bond motifs is 6. The molecule has 1 nitrogen and oxygen atoms in total. The Morgan fingerprint density at radius 2 is 0.821 bits per heavy atom. The lowest BCUT2D eigenvalue weighted by atomic mass is 9.81. The normalized spacial score (nSPS) is 13.0. The second kappa shape index (κ2) is 12.5. The lowest BCUT2D eigenvalue weighted by Gasteiger charge is -2.30. The van der Waals surface area contributed by atoms with Gasteiger partial charge in [0.05, 0.1) is 5.69 Å². The molecule has 11 rings (SSSR count). The van der Waals surface area contributed by atoms with Gasteiger partial charge in [-0.25, -0.2) is 0 Å². The van der Waals surface area contributed by atoms with E-state index in [9.17, 15) is 0 Å². The fourth-order valence-corrected chi connectivity index (χ4v) is 9.48. The summed E-state index contributed by atoms with van der Waals surface area (Å²) in [5, 5.41) is 2.65. The van der Waals surface area contributed by atoms with Crippen LogP contribution in [0.15, 0.2) is 200 Å². The molecule has 9 aromatic carbocycles. The van der Waals surface area contributed by atoms with E-state index in [0.29, 0.717) is 0 Å². The Kier molecular flexibility index (Phi) is 7.28. The summed E-state index contributed by atoms with van der Waals surface area (Å²) >= 11 is 0. The van der Waals surface area contributed by atoms with Crippen molar-refractivity contribution < 1.29 is 0 Å². The molecule has 56 heavy (non-hydrogen) atoms. The molecule has 0 aromatic heterocycles. The van der Waals surface area contributed by atoms with Crippen molar-refractivity contribution in [1.29, 1.82) is 0 Å². The molecule has 264 valence electrons. The average Bonchev–Trinajstić information content (AvgIpc) is 3.70. The third kappa shape index (κ3) is 4.94. The van der Waals surface area contributed by atoms with E-state index in [1.54, 1.807) is 0 Å². The first-order valence-corrected chi connectivity index (χ1v) is 19.6. The van der Waals surface area contributed by atoms with E-state index >= 15 is 0 Å². The van der Waals surface area contributed by atoms with Gasteiger partial charge < -0.3 is 4.90 Å². The molecule has 0 spiro atoms. The number of hydrogen-bond acceptors (Lipinski definition) is 1. The Hall–Kier alpha value is -6.96. The van der Waals surface area contributed by atoms with Gasteiger partial charge in [0.2, 0.25) is 0 Å². The molecule has 0 heterocycles. The highest BCUT2D eigenvalue weighted by molar-refractivity contribution is 6.18. The second-order valence-electron chi connectivity index (χ2n) is 15.7. The van der Waals surface area contributed by atoms with E-state index < -0.39 is 0 Å². The smallest absolute Gasteiger partial charge is 0.0540 e. The zero-order valence-corrected chi connectivity index (χ0v) is 31.5. The summed E-state index contributed by atoms with van der Waals surface area (Å²) in [6.07, 6.45) is 0. The van der Waals surface area contributed by atoms with Crippen LogP contribution in [0.2, 0.25) is 0 Å². The zero-order valence-electron chi connectivity index (χ0n) is 31.5. The van der Waals surface area contributed by atoms with Crippen molar-refractivity contribution in [3.8, 4) is 66.8 Å². The van der Waals surface area contributed by atoms with Crippen molar-refractivity contribution in [2.45, 2.75) is 19.3 Å². The summed E-state index contributed by atoms with van der Waals surface area (Å²) in [4.78, 5) is 2.45. The predicted octanol–water partition coefficient (Wildman–Crippen LogP) is 15.3. The van der Waals surface area contributed by atoms with Gasteiger partial charge in [-0.3, -0.25) is 0 Å². The number of nitrogens with zero attached hydrogens (tertiary/aromatic N) is 1. The first-order chi connectivity index (χ1) is 27.5. The number of rotatable bonds is 6. The Labute approximate surface area is 328 Å². The molecule has 0 unspecified atom stereocenters. The van der Waals surface area contributed by atoms with E-state index in [2.05, 4.69) is 219 Å². The minimum atomic E-state index is -0.171. The molecule has 0 fully saturated rings. The fraction of sp³-hybridized carbons (Fsp3) is 0.0545. The molecule has 1 heteroatoms. The number of benzene rings is 9. The van der Waals surface area contributed by atoms with Crippen molar-refractivity contribution in [2.75, 3.05) is 4.90 Å². The minimum absolute atomic E-state index is 0.171. The first kappa shape index (κ1) is 32.5. The molecule has 2 aliphatic rings. The number of para-hydroxylation sites is 1. The van der Waals surface area contributed by atoms with Gasteiger partial charge in [0.15, 0.2) is 0 Å². The van der Waals surface area contributed by atoms with Crippen LogP contribution in [0, 0.1) is 0 Å². The van der Waals surface area contributed by atoms with Gasteiger partial charge in [0.25, 0.3) is 0 Å². The van der Waals surface area contributed by atoms with Crippen molar-refractivity contribution >= 4 is 27.8 Å². The van der Waals surface area contributed by atoms with Crippen LogP contribution in [0.5, 0.6) is 0 Å². The highest BCUT2D eigenvalue weighted by atomic mass is 15.1. The van der Waals surface area contributed by atoms with Crippen molar-refractivity contribution in [3.63, 3.8) is 0 Å². The molecule has 0 saturated carbocycles. The van der Waals surface area contributed by atoms with Gasteiger partial charge in [-0.15, -0.1) is 0 Å². The van der Waals surface area contributed by atoms with Crippen molar-refractivity contribution in [3.05, 3.63) is 211 Å². The SMILES string of the molecule is CC1(C)c2cc(-c3ccccc3)ccc2-c2ccc(N(c3ccc(-c4ccc5c6c(cccc46)-c4ccccc4-5)cc3)c3ccccc3-c3ccccc3)cc21. The number of anilines is 3. The van der Waals surface area contributed by atoms with E-state index in [4.69, 9.17) is 0 Å². The molecular formula is C55H39N. The maximum absolute atomic E-state index is 2.45. The van der Waals surface area contributed by atoms with Crippen LogP contribution in [-0.2, 0) is 5.41 Å². The second-order valence-corrected chi connectivity index (χ2v) is 15.7. The zero-order chi connectivity index (χ0) is 37.4. The van der Waals surface area contributed by atoms with Gasteiger partial charge in [-0.1, -0.05) is 178 Å². The molecular weight excluding hydrogens is 675 g/mol. The van der Waals surface area contributed by atoms with Gasteiger partial charge >= 0.3 is 0 Å². The van der Waals surface area contributed by atoms with Crippen molar-refractivity contribution in [2.24, 2.45) is 0 Å². The summed E-state index contributed by atoms with van der Waals surface area (Å²) in [6, 6.07) is 73.8. The maximum atomic E-state index is 2.45. The average molecular weight is 714 g/mol. The summed E-state index contributed by atoms with van der Waals surface area (Å²) < 4.78 is 0. The highest BCUT2D eigenvalue weighted by Crippen LogP contribution is 2.53. The lowest BCUT2D eigenvalue weighted by Crippen LogP contribution is -2.17. The summed E-state index contributed by atoms with van der Waals surface area (Å²) in [6.45, 7) is 4.76. The van der Waals surface area contributed by atoms with Crippen LogP contribution in [0.4, 0.5) is 17.1 Å². The van der Waals surface area contributed by atoms with Crippen LogP contribution in [0.3, 0.4) is 0 Å². The van der Waals surface area contributed by atoms with Crippen LogP contribution in [-0.4, -0.2) is 0 Å². The maximum Gasteiger partial charge on any atom is 0.0540 e. The van der Waals surface area contributed by atoms with E-state index in [0.717, 1.165) is 17.1 Å².